The van der Waals surface area contributed by atoms with Gasteiger partial charge in [0.1, 0.15) is 5.82 Å². The number of halogens is 4. The van der Waals surface area contributed by atoms with Gasteiger partial charge < -0.3 is 10.2 Å². The number of pyridine rings is 1. The van der Waals surface area contributed by atoms with Crippen LogP contribution in [0.5, 0.6) is 0 Å². The van der Waals surface area contributed by atoms with E-state index >= 15 is 8.78 Å². The van der Waals surface area contributed by atoms with E-state index in [0.717, 1.165) is 24.6 Å². The minimum Gasteiger partial charge on any atom is -0.331 e. The first-order chi connectivity index (χ1) is 14.7. The number of carbonyl (C=O) groups is 2. The van der Waals surface area contributed by atoms with Gasteiger partial charge >= 0.3 is 5.92 Å². The van der Waals surface area contributed by atoms with Gasteiger partial charge in [-0.3, -0.25) is 9.59 Å². The van der Waals surface area contributed by atoms with Crippen LogP contribution in [0.4, 0.5) is 23.2 Å². The number of amides is 2. The number of hydrogen-bond acceptors (Lipinski definition) is 3. The lowest BCUT2D eigenvalue weighted by molar-refractivity contribution is -0.164. The number of carbonyl (C=O) groups excluding carboxylic acids is 2. The number of hydrogen-bond donors (Lipinski definition) is 1. The van der Waals surface area contributed by atoms with Gasteiger partial charge in [-0.2, -0.15) is 13.2 Å². The molecule has 3 heterocycles. The van der Waals surface area contributed by atoms with E-state index in [0.29, 0.717) is 37.4 Å². The summed E-state index contributed by atoms with van der Waals surface area (Å²) in [5.74, 6) is -8.47. The fraction of sp³-hybridized carbons (Fsp3) is 0.409. The second-order valence-electron chi connectivity index (χ2n) is 8.07. The van der Waals surface area contributed by atoms with E-state index in [9.17, 15) is 18.4 Å². The Hall–Kier alpha value is -2.97. The molecule has 9 heteroatoms. The highest BCUT2D eigenvalue weighted by molar-refractivity contribution is 6.04. The topological polar surface area (TPSA) is 62.3 Å². The Balaban J connectivity index is 1.60. The van der Waals surface area contributed by atoms with Crippen molar-refractivity contribution in [3.05, 3.63) is 58.9 Å². The zero-order valence-electron chi connectivity index (χ0n) is 16.8. The number of piperidine rings is 1. The maximum Gasteiger partial charge on any atom is 0.352 e. The molecule has 2 aliphatic heterocycles. The Kier molecular flexibility index (Phi) is 5.45. The fourth-order valence-corrected chi connectivity index (χ4v) is 4.54. The Bertz CT molecular complexity index is 1010. The van der Waals surface area contributed by atoms with Crippen molar-refractivity contribution in [3.8, 4) is 0 Å². The van der Waals surface area contributed by atoms with Crippen molar-refractivity contribution in [2.24, 2.45) is 0 Å². The summed E-state index contributed by atoms with van der Waals surface area (Å²) in [6.45, 7) is 1.52. The average molecular weight is 435 g/mol. The molecule has 31 heavy (non-hydrogen) atoms. The highest BCUT2D eigenvalue weighted by Gasteiger charge is 2.52. The zero-order valence-corrected chi connectivity index (χ0v) is 16.8. The third-order valence-corrected chi connectivity index (χ3v) is 5.94. The fourth-order valence-electron chi connectivity index (χ4n) is 4.54. The molecule has 2 fully saturated rings. The summed E-state index contributed by atoms with van der Waals surface area (Å²) in [4.78, 5) is 30.0. The van der Waals surface area contributed by atoms with Crippen LogP contribution in [0.1, 0.15) is 53.7 Å². The standard InChI is InChI=1S/C22H21F4N3O2/c1-12-9-14(11-19(24)27-12)28-20(30)13-5-8-18(23)17(10-13)22(25,26)21(31)29-15-3-2-4-16(29)7-6-15/h5,8-11,15-16H,2-4,6-7H2,1H3,(H,27,28,30). The zero-order chi connectivity index (χ0) is 22.3. The summed E-state index contributed by atoms with van der Waals surface area (Å²) in [5.41, 5.74) is -1.04. The molecule has 1 N–H and O–H groups in total. The summed E-state index contributed by atoms with van der Waals surface area (Å²) in [6, 6.07) is 4.31. The van der Waals surface area contributed by atoms with E-state index < -0.39 is 35.1 Å². The van der Waals surface area contributed by atoms with Crippen molar-refractivity contribution in [1.82, 2.24) is 9.88 Å². The van der Waals surface area contributed by atoms with E-state index in [2.05, 4.69) is 10.3 Å². The second-order valence-corrected chi connectivity index (χ2v) is 8.07. The average Bonchev–Trinajstić information content (AvgIpc) is 2.94. The number of nitrogens with one attached hydrogen (secondary N) is 1. The van der Waals surface area contributed by atoms with E-state index in [-0.39, 0.29) is 23.3 Å². The molecular formula is C22H21F4N3O2. The van der Waals surface area contributed by atoms with Crippen LogP contribution in [0.2, 0.25) is 0 Å². The number of aryl methyl sites for hydroxylation is 1. The molecular weight excluding hydrogens is 414 g/mol. The predicted octanol–water partition coefficient (Wildman–Crippen LogP) is 4.56. The number of aromatic nitrogens is 1. The number of anilines is 1. The molecule has 5 nitrogen and oxygen atoms in total. The van der Waals surface area contributed by atoms with Crippen LogP contribution in [0.15, 0.2) is 30.3 Å². The minimum atomic E-state index is -4.11. The summed E-state index contributed by atoms with van der Waals surface area (Å²) < 4.78 is 58.0. The van der Waals surface area contributed by atoms with Gasteiger partial charge in [0.25, 0.3) is 11.8 Å². The van der Waals surface area contributed by atoms with Crippen LogP contribution in [0.25, 0.3) is 0 Å². The molecule has 2 aromatic rings. The lowest BCUT2D eigenvalue weighted by Crippen LogP contribution is -2.50. The Morgan fingerprint density at radius 2 is 1.74 bits per heavy atom. The van der Waals surface area contributed by atoms with Crippen molar-refractivity contribution in [2.45, 2.75) is 57.0 Å². The van der Waals surface area contributed by atoms with Crippen LogP contribution in [-0.2, 0) is 10.7 Å². The third-order valence-electron chi connectivity index (χ3n) is 5.94. The van der Waals surface area contributed by atoms with Crippen LogP contribution >= 0.6 is 0 Å². The normalized spacial score (nSPS) is 20.6. The quantitative estimate of drug-likeness (QED) is 0.566. The first-order valence-corrected chi connectivity index (χ1v) is 10.1. The lowest BCUT2D eigenvalue weighted by atomic mass is 9.98. The van der Waals surface area contributed by atoms with Gasteiger partial charge in [-0.25, -0.2) is 9.37 Å². The monoisotopic (exact) mass is 435 g/mol. The summed E-state index contributed by atoms with van der Waals surface area (Å²) in [6.07, 6.45) is 3.53. The van der Waals surface area contributed by atoms with Gasteiger partial charge in [-0.1, -0.05) is 0 Å². The van der Waals surface area contributed by atoms with Crippen molar-refractivity contribution >= 4 is 17.5 Å². The molecule has 2 amide bonds. The Morgan fingerprint density at radius 1 is 1.06 bits per heavy atom. The number of benzene rings is 1. The molecule has 2 unspecified atom stereocenters. The molecule has 2 aliphatic rings. The van der Waals surface area contributed by atoms with Gasteiger partial charge in [0.15, 0.2) is 0 Å². The first-order valence-electron chi connectivity index (χ1n) is 10.1. The molecule has 1 aromatic heterocycles. The molecule has 0 spiro atoms. The van der Waals surface area contributed by atoms with Crippen molar-refractivity contribution in [2.75, 3.05) is 5.32 Å². The van der Waals surface area contributed by atoms with Gasteiger partial charge in [0.05, 0.1) is 5.56 Å². The summed E-state index contributed by atoms with van der Waals surface area (Å²) in [5, 5.41) is 2.37. The smallest absolute Gasteiger partial charge is 0.331 e. The minimum absolute atomic E-state index is 0.0774. The van der Waals surface area contributed by atoms with Gasteiger partial charge in [0, 0.05) is 35.1 Å². The second kappa shape index (κ2) is 7.94. The number of alkyl halides is 2. The summed E-state index contributed by atoms with van der Waals surface area (Å²) in [7, 11) is 0. The van der Waals surface area contributed by atoms with Gasteiger partial charge in [0.2, 0.25) is 5.95 Å². The molecule has 2 saturated heterocycles. The van der Waals surface area contributed by atoms with Crippen LogP contribution in [0, 0.1) is 18.7 Å². The third kappa shape index (κ3) is 4.00. The molecule has 164 valence electrons. The molecule has 0 radical (unpaired) electrons. The Morgan fingerprint density at radius 3 is 2.39 bits per heavy atom. The molecule has 1 aromatic carbocycles. The highest BCUT2D eigenvalue weighted by Crippen LogP contribution is 2.41. The Labute approximate surface area is 176 Å². The maximum atomic E-state index is 15.1. The number of rotatable bonds is 4. The van der Waals surface area contributed by atoms with Gasteiger partial charge in [-0.15, -0.1) is 0 Å². The van der Waals surface area contributed by atoms with Crippen LogP contribution in [-0.4, -0.2) is 33.8 Å². The summed E-state index contributed by atoms with van der Waals surface area (Å²) >= 11 is 0. The van der Waals surface area contributed by atoms with Crippen LogP contribution < -0.4 is 5.32 Å². The largest absolute Gasteiger partial charge is 0.352 e. The van der Waals surface area contributed by atoms with Crippen molar-refractivity contribution < 1.29 is 27.2 Å². The van der Waals surface area contributed by atoms with Crippen molar-refractivity contribution in [3.63, 3.8) is 0 Å². The maximum absolute atomic E-state index is 15.1. The SMILES string of the molecule is Cc1cc(NC(=O)c2ccc(F)c(C(F)(F)C(=O)N3C4CCCC3CC4)c2)cc(F)n1. The molecule has 0 aliphatic carbocycles. The molecule has 4 rings (SSSR count). The first kappa shape index (κ1) is 21.3. The van der Waals surface area contributed by atoms with E-state index in [1.54, 1.807) is 0 Å². The molecule has 0 saturated carbocycles. The lowest BCUT2D eigenvalue weighted by Gasteiger charge is -2.37. The molecule has 2 bridgehead atoms. The van der Waals surface area contributed by atoms with Gasteiger partial charge in [-0.05, 0) is 63.3 Å². The molecule has 2 atom stereocenters. The van der Waals surface area contributed by atoms with E-state index in [1.165, 1.54) is 17.9 Å². The predicted molar refractivity (Wildman–Crippen MR) is 105 cm³/mol. The van der Waals surface area contributed by atoms with Crippen LogP contribution in [0.3, 0.4) is 0 Å². The number of fused-ring (bicyclic) bond motifs is 2. The van der Waals surface area contributed by atoms with E-state index in [4.69, 9.17) is 0 Å². The highest BCUT2D eigenvalue weighted by atomic mass is 19.3. The number of nitrogens with zero attached hydrogens (tertiary/aromatic N) is 2. The van der Waals surface area contributed by atoms with Crippen molar-refractivity contribution in [1.29, 1.82) is 0 Å². The van der Waals surface area contributed by atoms with E-state index in [1.807, 2.05) is 0 Å².